The van der Waals surface area contributed by atoms with Crippen molar-refractivity contribution in [2.24, 2.45) is 0 Å². The van der Waals surface area contributed by atoms with E-state index in [1.54, 1.807) is 0 Å². The van der Waals surface area contributed by atoms with E-state index >= 15 is 0 Å². The van der Waals surface area contributed by atoms with Gasteiger partial charge in [0, 0.05) is 18.0 Å². The van der Waals surface area contributed by atoms with Crippen LogP contribution in [0.3, 0.4) is 0 Å². The molecule has 1 N–H and O–H groups in total. The molecule has 0 aromatic heterocycles. The minimum absolute atomic E-state index is 0.334. The third-order valence-electron chi connectivity index (χ3n) is 4.96. The van der Waals surface area contributed by atoms with Crippen molar-refractivity contribution < 1.29 is 0 Å². The van der Waals surface area contributed by atoms with Crippen LogP contribution in [-0.2, 0) is 0 Å². The number of unbranched alkanes of at least 4 members (excludes halogenated alkanes) is 1. The predicted molar refractivity (Wildman–Crippen MR) is 88.9 cm³/mol. The largest absolute Gasteiger partial charge is 0.312 e. The summed E-state index contributed by atoms with van der Waals surface area (Å²) in [5, 5.41) is 3.84. The SMILES string of the molecule is C#CCCCC(NCCC)C1(N(C)C)CCCCCC1. The summed E-state index contributed by atoms with van der Waals surface area (Å²) < 4.78 is 0. The molecule has 0 heterocycles. The molecule has 0 radical (unpaired) electrons. The van der Waals surface area contributed by atoms with E-state index in [1.165, 1.54) is 51.4 Å². The van der Waals surface area contributed by atoms with Gasteiger partial charge in [0.05, 0.1) is 0 Å². The lowest BCUT2D eigenvalue weighted by Gasteiger charge is -2.46. The molecule has 1 unspecified atom stereocenters. The summed E-state index contributed by atoms with van der Waals surface area (Å²) >= 11 is 0. The fourth-order valence-electron chi connectivity index (χ4n) is 3.74. The topological polar surface area (TPSA) is 15.3 Å². The average molecular weight is 278 g/mol. The van der Waals surface area contributed by atoms with Gasteiger partial charge in [0.15, 0.2) is 0 Å². The van der Waals surface area contributed by atoms with Crippen LogP contribution in [0.5, 0.6) is 0 Å². The average Bonchev–Trinajstić information content (AvgIpc) is 2.69. The van der Waals surface area contributed by atoms with Crippen molar-refractivity contribution in [3.63, 3.8) is 0 Å². The number of nitrogens with one attached hydrogen (secondary N) is 1. The Morgan fingerprint density at radius 2 is 1.85 bits per heavy atom. The van der Waals surface area contributed by atoms with Gasteiger partial charge in [-0.25, -0.2) is 0 Å². The lowest BCUT2D eigenvalue weighted by molar-refractivity contribution is 0.0755. The molecule has 0 saturated heterocycles. The van der Waals surface area contributed by atoms with Crippen LogP contribution in [-0.4, -0.2) is 37.1 Å². The Hall–Kier alpha value is -0.520. The second-order valence-corrected chi connectivity index (χ2v) is 6.52. The molecule has 1 aliphatic rings. The highest BCUT2D eigenvalue weighted by molar-refractivity contribution is 5.00. The number of nitrogens with zero attached hydrogens (tertiary/aromatic N) is 1. The summed E-state index contributed by atoms with van der Waals surface area (Å²) in [5.74, 6) is 2.79. The van der Waals surface area contributed by atoms with Crippen molar-refractivity contribution in [1.29, 1.82) is 0 Å². The van der Waals surface area contributed by atoms with Crippen LogP contribution in [0.2, 0.25) is 0 Å². The highest BCUT2D eigenvalue weighted by atomic mass is 15.2. The third-order valence-corrected chi connectivity index (χ3v) is 4.96. The van der Waals surface area contributed by atoms with Gasteiger partial charge < -0.3 is 10.2 Å². The van der Waals surface area contributed by atoms with Gasteiger partial charge in [0.25, 0.3) is 0 Å². The molecule has 0 aromatic carbocycles. The maximum absolute atomic E-state index is 5.43. The first-order valence-electron chi connectivity index (χ1n) is 8.51. The summed E-state index contributed by atoms with van der Waals surface area (Å²) in [6.07, 6.45) is 18.1. The van der Waals surface area contributed by atoms with Crippen LogP contribution in [0, 0.1) is 12.3 Å². The van der Waals surface area contributed by atoms with Gasteiger partial charge in [-0.3, -0.25) is 0 Å². The second-order valence-electron chi connectivity index (χ2n) is 6.52. The molecule has 1 saturated carbocycles. The lowest BCUT2D eigenvalue weighted by atomic mass is 9.79. The first kappa shape index (κ1) is 17.5. The molecule has 20 heavy (non-hydrogen) atoms. The van der Waals surface area contributed by atoms with Crippen molar-refractivity contribution in [2.45, 2.75) is 82.7 Å². The molecule has 0 spiro atoms. The molecule has 1 rings (SSSR count). The van der Waals surface area contributed by atoms with Crippen LogP contribution in [0.1, 0.15) is 71.1 Å². The van der Waals surface area contributed by atoms with Gasteiger partial charge in [-0.05, 0) is 52.7 Å². The molecule has 0 bridgehead atoms. The summed E-state index contributed by atoms with van der Waals surface area (Å²) in [7, 11) is 4.54. The zero-order valence-electron chi connectivity index (χ0n) is 13.9. The Morgan fingerprint density at radius 3 is 2.35 bits per heavy atom. The van der Waals surface area contributed by atoms with Crippen molar-refractivity contribution in [3.8, 4) is 12.3 Å². The van der Waals surface area contributed by atoms with Crippen LogP contribution in [0.15, 0.2) is 0 Å². The summed E-state index contributed by atoms with van der Waals surface area (Å²) in [6.45, 7) is 3.37. The quantitative estimate of drug-likeness (QED) is 0.412. The maximum atomic E-state index is 5.43. The minimum Gasteiger partial charge on any atom is -0.312 e. The summed E-state index contributed by atoms with van der Waals surface area (Å²) in [6, 6.07) is 0.587. The van der Waals surface area contributed by atoms with E-state index in [0.717, 1.165) is 19.4 Å². The first-order chi connectivity index (χ1) is 9.67. The molecule has 2 nitrogen and oxygen atoms in total. The van der Waals surface area contributed by atoms with Gasteiger partial charge in [-0.1, -0.05) is 32.6 Å². The summed E-state index contributed by atoms with van der Waals surface area (Å²) in [5.41, 5.74) is 0.334. The molecule has 116 valence electrons. The molecule has 0 amide bonds. The summed E-state index contributed by atoms with van der Waals surface area (Å²) in [4.78, 5) is 2.50. The Bertz CT molecular complexity index is 282. The predicted octanol–water partition coefficient (Wildman–Crippen LogP) is 3.81. The second kappa shape index (κ2) is 9.42. The van der Waals surface area contributed by atoms with E-state index in [1.807, 2.05) is 0 Å². The van der Waals surface area contributed by atoms with Crippen molar-refractivity contribution in [2.75, 3.05) is 20.6 Å². The van der Waals surface area contributed by atoms with Crippen molar-refractivity contribution >= 4 is 0 Å². The van der Waals surface area contributed by atoms with Crippen LogP contribution in [0.25, 0.3) is 0 Å². The standard InChI is InChI=1S/C18H34N2/c1-5-7-10-13-17(19-16-6-2)18(20(3)4)14-11-8-9-12-15-18/h1,17,19H,6-16H2,2-4H3. The van der Waals surface area contributed by atoms with E-state index in [9.17, 15) is 0 Å². The fraction of sp³-hybridized carbons (Fsp3) is 0.889. The van der Waals surface area contributed by atoms with E-state index in [-0.39, 0.29) is 0 Å². The van der Waals surface area contributed by atoms with Crippen molar-refractivity contribution in [3.05, 3.63) is 0 Å². The number of rotatable bonds is 8. The molecule has 1 aliphatic carbocycles. The van der Waals surface area contributed by atoms with E-state index in [2.05, 4.69) is 37.2 Å². The molecule has 2 heteroatoms. The monoisotopic (exact) mass is 278 g/mol. The highest BCUT2D eigenvalue weighted by Gasteiger charge is 2.40. The Morgan fingerprint density at radius 1 is 1.20 bits per heavy atom. The van der Waals surface area contributed by atoms with Crippen LogP contribution in [0.4, 0.5) is 0 Å². The molecule has 1 atom stereocenters. The number of likely N-dealkylation sites (N-methyl/N-ethyl adjacent to an activating group) is 1. The Kier molecular flexibility index (Phi) is 8.26. The van der Waals surface area contributed by atoms with E-state index < -0.39 is 0 Å². The molecule has 1 fully saturated rings. The minimum atomic E-state index is 0.334. The molecular weight excluding hydrogens is 244 g/mol. The van der Waals surface area contributed by atoms with Crippen LogP contribution < -0.4 is 5.32 Å². The maximum Gasteiger partial charge on any atom is 0.0356 e. The number of terminal acetylenes is 1. The van der Waals surface area contributed by atoms with E-state index in [4.69, 9.17) is 6.42 Å². The van der Waals surface area contributed by atoms with Gasteiger partial charge in [0.2, 0.25) is 0 Å². The Balaban J connectivity index is 2.81. The highest BCUT2D eigenvalue weighted by Crippen LogP contribution is 2.35. The van der Waals surface area contributed by atoms with Gasteiger partial charge in [-0.15, -0.1) is 12.3 Å². The smallest absolute Gasteiger partial charge is 0.0356 e. The van der Waals surface area contributed by atoms with Crippen LogP contribution >= 0.6 is 0 Å². The molecule has 0 aliphatic heterocycles. The number of hydrogen-bond acceptors (Lipinski definition) is 2. The van der Waals surface area contributed by atoms with Gasteiger partial charge >= 0.3 is 0 Å². The molecular formula is C18H34N2. The first-order valence-corrected chi connectivity index (χ1v) is 8.51. The van der Waals surface area contributed by atoms with Gasteiger partial charge in [0.1, 0.15) is 0 Å². The fourth-order valence-corrected chi connectivity index (χ4v) is 3.74. The zero-order valence-corrected chi connectivity index (χ0v) is 13.9. The Labute approximate surface area is 126 Å². The van der Waals surface area contributed by atoms with Gasteiger partial charge in [-0.2, -0.15) is 0 Å². The zero-order chi connectivity index (χ0) is 14.8. The van der Waals surface area contributed by atoms with E-state index in [0.29, 0.717) is 11.6 Å². The normalized spacial score (nSPS) is 20.4. The molecule has 0 aromatic rings. The van der Waals surface area contributed by atoms with Crippen molar-refractivity contribution in [1.82, 2.24) is 10.2 Å². The third kappa shape index (κ3) is 4.79. The number of hydrogen-bond donors (Lipinski definition) is 1. The lowest BCUT2D eigenvalue weighted by Crippen LogP contribution is -2.59.